The van der Waals surface area contributed by atoms with E-state index < -0.39 is 0 Å². The lowest BCUT2D eigenvalue weighted by molar-refractivity contribution is 0.317. The van der Waals surface area contributed by atoms with Crippen molar-refractivity contribution in [1.82, 2.24) is 19.7 Å². The van der Waals surface area contributed by atoms with Gasteiger partial charge in [-0.25, -0.2) is 0 Å². The third kappa shape index (κ3) is 4.98. The first-order valence-corrected chi connectivity index (χ1v) is 12.2. The first kappa shape index (κ1) is 23.3. The molecular formula is C30H28N4O2. The summed E-state index contributed by atoms with van der Waals surface area (Å²) in [6.45, 7) is 5.39. The lowest BCUT2D eigenvalue weighted by Crippen LogP contribution is -2.01. The first-order chi connectivity index (χ1) is 17.8. The molecule has 6 nitrogen and oxygen atoms in total. The summed E-state index contributed by atoms with van der Waals surface area (Å²) in [5, 5.41) is 9.20. The Hall–Kier alpha value is -4.45. The van der Waals surface area contributed by atoms with Crippen molar-refractivity contribution in [3.8, 4) is 51.1 Å². The zero-order chi connectivity index (χ0) is 24.7. The number of rotatable bonds is 9. The van der Waals surface area contributed by atoms with Gasteiger partial charge in [-0.15, -0.1) is 10.2 Å². The number of ether oxygens (including phenoxy) is 2. The summed E-state index contributed by atoms with van der Waals surface area (Å²) in [7, 11) is 0. The highest BCUT2D eigenvalue weighted by Crippen LogP contribution is 2.31. The normalized spacial score (nSPS) is 10.8. The highest BCUT2D eigenvalue weighted by atomic mass is 16.5. The van der Waals surface area contributed by atoms with E-state index in [1.165, 1.54) is 0 Å². The van der Waals surface area contributed by atoms with Crippen LogP contribution >= 0.6 is 0 Å². The van der Waals surface area contributed by atoms with Crippen LogP contribution in [-0.2, 0) is 0 Å². The zero-order valence-corrected chi connectivity index (χ0v) is 20.5. The van der Waals surface area contributed by atoms with Crippen LogP contribution in [0.5, 0.6) is 11.5 Å². The van der Waals surface area contributed by atoms with Crippen molar-refractivity contribution < 1.29 is 9.47 Å². The van der Waals surface area contributed by atoms with Gasteiger partial charge in [-0.3, -0.25) is 9.55 Å². The first-order valence-electron chi connectivity index (χ1n) is 12.2. The molecule has 0 spiro atoms. The Morgan fingerprint density at radius 3 is 1.75 bits per heavy atom. The number of aromatic nitrogens is 4. The van der Waals surface area contributed by atoms with Gasteiger partial charge in [-0.05, 0) is 91.2 Å². The van der Waals surface area contributed by atoms with Crippen LogP contribution in [0.25, 0.3) is 39.6 Å². The second-order valence-electron chi connectivity index (χ2n) is 8.30. The lowest BCUT2D eigenvalue weighted by atomic mass is 10.1. The highest BCUT2D eigenvalue weighted by molar-refractivity contribution is 5.69. The molecule has 5 aromatic rings. The van der Waals surface area contributed by atoms with E-state index in [4.69, 9.17) is 9.47 Å². The second-order valence-corrected chi connectivity index (χ2v) is 8.30. The van der Waals surface area contributed by atoms with Crippen LogP contribution in [0.4, 0.5) is 0 Å². The van der Waals surface area contributed by atoms with Crippen LogP contribution in [0, 0.1) is 0 Å². The largest absolute Gasteiger partial charge is 0.494 e. The van der Waals surface area contributed by atoms with Crippen LogP contribution < -0.4 is 9.47 Å². The van der Waals surface area contributed by atoms with Crippen molar-refractivity contribution in [2.24, 2.45) is 0 Å². The summed E-state index contributed by atoms with van der Waals surface area (Å²) in [4.78, 5) is 4.24. The Balaban J connectivity index is 1.57. The molecule has 0 saturated carbocycles. The average molecular weight is 477 g/mol. The van der Waals surface area contributed by atoms with Gasteiger partial charge < -0.3 is 9.47 Å². The minimum absolute atomic E-state index is 0.626. The third-order valence-electron chi connectivity index (χ3n) is 5.79. The molecule has 0 saturated heterocycles. The van der Waals surface area contributed by atoms with Gasteiger partial charge in [0.05, 0.1) is 13.2 Å². The predicted molar refractivity (Wildman–Crippen MR) is 142 cm³/mol. The third-order valence-corrected chi connectivity index (χ3v) is 5.79. The van der Waals surface area contributed by atoms with E-state index in [0.29, 0.717) is 13.2 Å². The molecule has 0 bridgehead atoms. The molecule has 0 unspecified atom stereocenters. The standard InChI is InChI=1S/C30H28N4O2/c1-3-20-36-28-17-11-24(12-18-28)30-33-32-29(23-9-15-27(16-10-23)35-4-2)34(30)26-13-7-22(8-14-26)25-6-5-19-31-21-25/h5-19,21H,3-4,20H2,1-2H3. The molecule has 3 aromatic carbocycles. The summed E-state index contributed by atoms with van der Waals surface area (Å²) in [5.41, 5.74) is 5.05. The van der Waals surface area contributed by atoms with Gasteiger partial charge in [0.25, 0.3) is 0 Å². The molecular weight excluding hydrogens is 448 g/mol. The number of nitrogens with zero attached hydrogens (tertiary/aromatic N) is 4. The van der Waals surface area contributed by atoms with Gasteiger partial charge in [0.2, 0.25) is 0 Å². The summed E-state index contributed by atoms with van der Waals surface area (Å²) in [5.74, 6) is 3.19. The van der Waals surface area contributed by atoms with Gasteiger partial charge in [0, 0.05) is 29.2 Å². The van der Waals surface area contributed by atoms with Crippen molar-refractivity contribution in [3.63, 3.8) is 0 Å². The molecule has 0 aliphatic heterocycles. The van der Waals surface area contributed by atoms with Gasteiger partial charge >= 0.3 is 0 Å². The number of hydrogen-bond acceptors (Lipinski definition) is 5. The molecule has 0 aliphatic rings. The maximum absolute atomic E-state index is 5.76. The highest BCUT2D eigenvalue weighted by Gasteiger charge is 2.18. The Bertz CT molecular complexity index is 1390. The molecule has 5 rings (SSSR count). The summed E-state index contributed by atoms with van der Waals surface area (Å²) < 4.78 is 13.5. The molecule has 36 heavy (non-hydrogen) atoms. The Labute approximate surface area is 211 Å². The topological polar surface area (TPSA) is 62.1 Å². The molecule has 0 atom stereocenters. The van der Waals surface area contributed by atoms with E-state index >= 15 is 0 Å². The molecule has 0 amide bonds. The predicted octanol–water partition coefficient (Wildman–Crippen LogP) is 6.85. The number of hydrogen-bond donors (Lipinski definition) is 0. The fourth-order valence-corrected chi connectivity index (χ4v) is 4.03. The number of pyridine rings is 1. The van der Waals surface area contributed by atoms with Gasteiger partial charge in [-0.1, -0.05) is 25.1 Å². The van der Waals surface area contributed by atoms with Gasteiger partial charge in [0.15, 0.2) is 11.6 Å². The minimum atomic E-state index is 0.626. The van der Waals surface area contributed by atoms with Crippen LogP contribution in [0.2, 0.25) is 0 Å². The zero-order valence-electron chi connectivity index (χ0n) is 20.5. The minimum Gasteiger partial charge on any atom is -0.494 e. The van der Waals surface area contributed by atoms with Crippen molar-refractivity contribution in [1.29, 1.82) is 0 Å². The Kier molecular flexibility index (Phi) is 7.03. The molecule has 0 radical (unpaired) electrons. The van der Waals surface area contributed by atoms with Gasteiger partial charge in [0.1, 0.15) is 11.5 Å². The van der Waals surface area contributed by atoms with E-state index in [1.807, 2.05) is 67.7 Å². The van der Waals surface area contributed by atoms with E-state index in [2.05, 4.69) is 57.0 Å². The van der Waals surface area contributed by atoms with Crippen LogP contribution in [0.15, 0.2) is 97.3 Å². The maximum atomic E-state index is 5.76. The molecule has 2 heterocycles. The quantitative estimate of drug-likeness (QED) is 0.233. The average Bonchev–Trinajstić information content (AvgIpc) is 3.38. The van der Waals surface area contributed by atoms with E-state index in [1.54, 1.807) is 6.20 Å². The van der Waals surface area contributed by atoms with E-state index in [9.17, 15) is 0 Å². The molecule has 0 fully saturated rings. The monoisotopic (exact) mass is 476 g/mol. The number of benzene rings is 3. The molecule has 6 heteroatoms. The van der Waals surface area contributed by atoms with E-state index in [-0.39, 0.29) is 0 Å². The molecule has 0 aliphatic carbocycles. The SMILES string of the molecule is CCCOc1ccc(-c2nnc(-c3ccc(OCC)cc3)n2-c2ccc(-c3cccnc3)cc2)cc1. The summed E-state index contributed by atoms with van der Waals surface area (Å²) in [6.07, 6.45) is 4.62. The fourth-order valence-electron chi connectivity index (χ4n) is 4.03. The van der Waals surface area contributed by atoms with Crippen LogP contribution in [0.1, 0.15) is 20.3 Å². The van der Waals surface area contributed by atoms with Crippen molar-refractivity contribution in [2.45, 2.75) is 20.3 Å². The second kappa shape index (κ2) is 10.9. The van der Waals surface area contributed by atoms with Crippen molar-refractivity contribution in [3.05, 3.63) is 97.3 Å². The Morgan fingerprint density at radius 2 is 1.22 bits per heavy atom. The summed E-state index contributed by atoms with van der Waals surface area (Å²) >= 11 is 0. The molecule has 180 valence electrons. The Morgan fingerprint density at radius 1 is 0.639 bits per heavy atom. The van der Waals surface area contributed by atoms with Gasteiger partial charge in [-0.2, -0.15) is 0 Å². The van der Waals surface area contributed by atoms with Crippen LogP contribution in [-0.4, -0.2) is 33.0 Å². The molecule has 2 aromatic heterocycles. The van der Waals surface area contributed by atoms with Crippen molar-refractivity contribution >= 4 is 0 Å². The van der Waals surface area contributed by atoms with E-state index in [0.717, 1.165) is 57.5 Å². The van der Waals surface area contributed by atoms with Crippen LogP contribution in [0.3, 0.4) is 0 Å². The fraction of sp³-hybridized carbons (Fsp3) is 0.167. The maximum Gasteiger partial charge on any atom is 0.168 e. The molecule has 0 N–H and O–H groups in total. The smallest absolute Gasteiger partial charge is 0.168 e. The van der Waals surface area contributed by atoms with Crippen molar-refractivity contribution in [2.75, 3.05) is 13.2 Å². The summed E-state index contributed by atoms with van der Waals surface area (Å²) in [6, 6.07) is 28.3. The lowest BCUT2D eigenvalue weighted by Gasteiger charge is -2.13.